The fourth-order valence-electron chi connectivity index (χ4n) is 1.51. The molecule has 2 rings (SSSR count). The lowest BCUT2D eigenvalue weighted by molar-refractivity contribution is -0.141. The van der Waals surface area contributed by atoms with Gasteiger partial charge in [-0.1, -0.05) is 0 Å². The molecule has 10 heteroatoms. The first-order valence-electron chi connectivity index (χ1n) is 5.31. The molecule has 1 aromatic rings. The zero-order valence-electron chi connectivity index (χ0n) is 10.3. The lowest BCUT2D eigenvalue weighted by atomic mass is 10.3. The number of anilines is 1. The second-order valence-corrected chi connectivity index (χ2v) is 3.72. The Morgan fingerprint density at radius 2 is 1.95 bits per heavy atom. The fraction of sp³-hybridized carbons (Fsp3) is 0.400. The number of likely N-dealkylation sites (N-methyl/N-ethyl adjacent to an activating group) is 1. The highest BCUT2D eigenvalue weighted by Gasteiger charge is 2.35. The molecule has 20 heavy (non-hydrogen) atoms. The Morgan fingerprint density at radius 3 is 2.40 bits per heavy atom. The average Bonchev–Trinajstić information content (AvgIpc) is 2.70. The van der Waals surface area contributed by atoms with E-state index in [1.807, 2.05) is 0 Å². The van der Waals surface area contributed by atoms with E-state index >= 15 is 0 Å². The predicted molar refractivity (Wildman–Crippen MR) is 61.1 cm³/mol. The summed E-state index contributed by atoms with van der Waals surface area (Å²) < 4.78 is 37.3. The minimum absolute atomic E-state index is 0.0262. The molecule has 2 heterocycles. The van der Waals surface area contributed by atoms with Crippen LogP contribution >= 0.6 is 0 Å². The van der Waals surface area contributed by atoms with Crippen molar-refractivity contribution in [2.75, 3.05) is 25.0 Å². The quantitative estimate of drug-likeness (QED) is 0.782. The van der Waals surface area contributed by atoms with Crippen LogP contribution in [0.3, 0.4) is 0 Å². The number of carbonyl (C=O) groups excluding carboxylic acids is 1. The van der Waals surface area contributed by atoms with Gasteiger partial charge in [0.1, 0.15) is 17.8 Å². The molecule has 2 amide bonds. The number of hydrogen-bond donors (Lipinski definition) is 1. The van der Waals surface area contributed by atoms with Crippen molar-refractivity contribution in [2.45, 2.75) is 6.18 Å². The monoisotopic (exact) mass is 292 g/mol. The Labute approximate surface area is 111 Å². The van der Waals surface area contributed by atoms with Crippen molar-refractivity contribution in [3.8, 4) is 0 Å². The lowest BCUT2D eigenvalue weighted by Crippen LogP contribution is -2.30. The molecule has 0 saturated carbocycles. The first kappa shape index (κ1) is 15.7. The van der Waals surface area contributed by atoms with Gasteiger partial charge in [0, 0.05) is 26.2 Å². The van der Waals surface area contributed by atoms with E-state index in [0.717, 1.165) is 12.4 Å². The van der Waals surface area contributed by atoms with Gasteiger partial charge in [0.15, 0.2) is 0 Å². The summed E-state index contributed by atoms with van der Waals surface area (Å²) in [6.45, 7) is 0.536. The van der Waals surface area contributed by atoms with Gasteiger partial charge in [0.25, 0.3) is 6.47 Å². The molecule has 1 N–H and O–H groups in total. The number of urea groups is 1. The van der Waals surface area contributed by atoms with E-state index < -0.39 is 11.9 Å². The fourth-order valence-corrected chi connectivity index (χ4v) is 1.51. The van der Waals surface area contributed by atoms with Gasteiger partial charge >= 0.3 is 12.2 Å². The Kier molecular flexibility index (Phi) is 4.83. The number of carbonyl (C=O) groups is 2. The zero-order chi connectivity index (χ0) is 15.3. The summed E-state index contributed by atoms with van der Waals surface area (Å²) in [4.78, 5) is 29.4. The molecule has 0 atom stereocenters. The second kappa shape index (κ2) is 6.17. The van der Waals surface area contributed by atoms with Crippen molar-refractivity contribution < 1.29 is 27.9 Å². The normalized spacial score (nSPS) is 14.9. The zero-order valence-corrected chi connectivity index (χ0v) is 10.3. The molecule has 0 spiro atoms. The van der Waals surface area contributed by atoms with E-state index in [4.69, 9.17) is 9.90 Å². The minimum Gasteiger partial charge on any atom is -0.483 e. The minimum atomic E-state index is -4.54. The highest BCUT2D eigenvalue weighted by molar-refractivity contribution is 5.92. The third-order valence-corrected chi connectivity index (χ3v) is 2.44. The van der Waals surface area contributed by atoms with E-state index in [2.05, 4.69) is 9.97 Å². The van der Waals surface area contributed by atoms with E-state index in [-0.39, 0.29) is 18.3 Å². The number of carboxylic acid groups (broad SMARTS) is 1. The number of rotatable bonds is 1. The van der Waals surface area contributed by atoms with E-state index in [1.165, 1.54) is 9.80 Å². The summed E-state index contributed by atoms with van der Waals surface area (Å²) in [5, 5.41) is 6.89. The van der Waals surface area contributed by atoms with E-state index in [1.54, 1.807) is 7.05 Å². The second-order valence-electron chi connectivity index (χ2n) is 3.72. The van der Waals surface area contributed by atoms with Gasteiger partial charge in [-0.15, -0.1) is 0 Å². The molecule has 0 radical (unpaired) electrons. The van der Waals surface area contributed by atoms with Crippen LogP contribution in [0, 0.1) is 0 Å². The van der Waals surface area contributed by atoms with E-state index in [9.17, 15) is 18.0 Å². The molecular weight excluding hydrogens is 281 g/mol. The maximum absolute atomic E-state index is 12.4. The standard InChI is InChI=1S/C9H9F3N4O.CH2O2/c1-15-2-3-16(8(15)17)7-4-6(9(10,11)12)13-5-14-7;2-1-3/h4-5H,2-3H2,1H3;1H,(H,2,3). The van der Waals surface area contributed by atoms with Crippen molar-refractivity contribution in [3.05, 3.63) is 18.1 Å². The van der Waals surface area contributed by atoms with Gasteiger partial charge in [0.05, 0.1) is 0 Å². The van der Waals surface area contributed by atoms with Crippen molar-refractivity contribution >= 4 is 18.3 Å². The summed E-state index contributed by atoms with van der Waals surface area (Å²) in [5.41, 5.74) is -1.05. The van der Waals surface area contributed by atoms with Gasteiger partial charge in [-0.25, -0.2) is 14.8 Å². The van der Waals surface area contributed by atoms with Gasteiger partial charge in [-0.05, 0) is 0 Å². The van der Waals surface area contributed by atoms with Crippen LogP contribution in [0.15, 0.2) is 12.4 Å². The summed E-state index contributed by atoms with van der Waals surface area (Å²) in [6, 6.07) is 0.411. The summed E-state index contributed by atoms with van der Waals surface area (Å²) >= 11 is 0. The highest BCUT2D eigenvalue weighted by atomic mass is 19.4. The van der Waals surface area contributed by atoms with Crippen molar-refractivity contribution in [3.63, 3.8) is 0 Å². The smallest absolute Gasteiger partial charge is 0.433 e. The van der Waals surface area contributed by atoms with Crippen LogP contribution in [-0.2, 0) is 11.0 Å². The Hall–Kier alpha value is -2.39. The van der Waals surface area contributed by atoms with Crippen LogP contribution in [0.4, 0.5) is 23.8 Å². The van der Waals surface area contributed by atoms with Crippen LogP contribution in [0.2, 0.25) is 0 Å². The first-order chi connectivity index (χ1) is 9.31. The third kappa shape index (κ3) is 3.56. The van der Waals surface area contributed by atoms with Gasteiger partial charge in [-0.3, -0.25) is 9.69 Å². The largest absolute Gasteiger partial charge is 0.483 e. The highest BCUT2D eigenvalue weighted by Crippen LogP contribution is 2.29. The van der Waals surface area contributed by atoms with Crippen LogP contribution in [0.1, 0.15) is 5.69 Å². The third-order valence-electron chi connectivity index (χ3n) is 2.44. The SMILES string of the molecule is CN1CCN(c2cc(C(F)(F)F)ncn2)C1=O.O=CO. The summed E-state index contributed by atoms with van der Waals surface area (Å²) in [6.07, 6.45) is -3.73. The molecule has 0 unspecified atom stereocenters. The molecule has 110 valence electrons. The van der Waals surface area contributed by atoms with Crippen LogP contribution in [-0.4, -0.2) is 52.6 Å². The van der Waals surface area contributed by atoms with Gasteiger partial charge in [-0.2, -0.15) is 13.2 Å². The Bertz CT molecular complexity index is 495. The van der Waals surface area contributed by atoms with Crippen LogP contribution in [0.25, 0.3) is 0 Å². The number of alkyl halides is 3. The summed E-state index contributed by atoms with van der Waals surface area (Å²) in [7, 11) is 1.58. The van der Waals surface area contributed by atoms with E-state index in [0.29, 0.717) is 13.1 Å². The molecule has 1 fully saturated rings. The number of halogens is 3. The van der Waals surface area contributed by atoms with Crippen LogP contribution in [0.5, 0.6) is 0 Å². The molecule has 0 aliphatic carbocycles. The molecule has 1 aliphatic rings. The van der Waals surface area contributed by atoms with Gasteiger partial charge in [0.2, 0.25) is 0 Å². The molecule has 1 aromatic heterocycles. The molecule has 0 aromatic carbocycles. The lowest BCUT2D eigenvalue weighted by Gasteiger charge is -2.15. The number of amides is 2. The number of aromatic nitrogens is 2. The number of hydrogen-bond acceptors (Lipinski definition) is 4. The maximum atomic E-state index is 12.4. The molecule has 1 aliphatic heterocycles. The van der Waals surface area contributed by atoms with Gasteiger partial charge < -0.3 is 10.0 Å². The first-order valence-corrected chi connectivity index (χ1v) is 5.31. The summed E-state index contributed by atoms with van der Waals surface area (Å²) in [5.74, 6) is -0.0262. The Balaban J connectivity index is 0.000000612. The average molecular weight is 292 g/mol. The van der Waals surface area contributed by atoms with Crippen molar-refractivity contribution in [1.29, 1.82) is 0 Å². The molecule has 1 saturated heterocycles. The topological polar surface area (TPSA) is 86.6 Å². The maximum Gasteiger partial charge on any atom is 0.433 e. The van der Waals surface area contributed by atoms with Crippen molar-refractivity contribution in [2.24, 2.45) is 0 Å². The predicted octanol–water partition coefficient (Wildman–Crippen LogP) is 1.07. The molecule has 7 nitrogen and oxygen atoms in total. The van der Waals surface area contributed by atoms with Crippen molar-refractivity contribution in [1.82, 2.24) is 14.9 Å². The Morgan fingerprint density at radius 1 is 1.35 bits per heavy atom. The molecular formula is C10H11F3N4O3. The number of nitrogens with zero attached hydrogens (tertiary/aromatic N) is 4. The van der Waals surface area contributed by atoms with Crippen LogP contribution < -0.4 is 4.90 Å². The molecule has 0 bridgehead atoms.